The first-order valence-corrected chi connectivity index (χ1v) is 14.8. The second kappa shape index (κ2) is 14.1. The first kappa shape index (κ1) is 30.0. The molecule has 3 aromatic rings. The summed E-state index contributed by atoms with van der Waals surface area (Å²) in [7, 11) is 1.36. The highest BCUT2D eigenvalue weighted by Crippen LogP contribution is 2.31. The minimum Gasteiger partial charge on any atom is -0.465 e. The van der Waals surface area contributed by atoms with Gasteiger partial charge in [-0.25, -0.2) is 9.79 Å². The molecule has 3 aromatic carbocycles. The van der Waals surface area contributed by atoms with E-state index in [1.54, 1.807) is 12.1 Å². The van der Waals surface area contributed by atoms with Crippen molar-refractivity contribution in [2.75, 3.05) is 25.6 Å². The lowest BCUT2D eigenvalue weighted by molar-refractivity contribution is -0.129. The van der Waals surface area contributed by atoms with Gasteiger partial charge in [0.25, 0.3) is 0 Å². The molecule has 1 aliphatic carbocycles. The van der Waals surface area contributed by atoms with Crippen LogP contribution in [0, 0.1) is 17.8 Å². The van der Waals surface area contributed by atoms with Crippen LogP contribution >= 0.6 is 0 Å². The molecular formula is C34H37N5O4. The smallest absolute Gasteiger partial charge is 0.337 e. The molecule has 1 fully saturated rings. The predicted molar refractivity (Wildman–Crippen MR) is 166 cm³/mol. The summed E-state index contributed by atoms with van der Waals surface area (Å²) in [6.45, 7) is 0.992. The summed E-state index contributed by atoms with van der Waals surface area (Å²) in [4.78, 5) is 43.0. The number of nitrogens with two attached hydrogens (primary N) is 1. The highest BCUT2D eigenvalue weighted by Gasteiger charge is 2.30. The van der Waals surface area contributed by atoms with Crippen LogP contribution in [0.3, 0.4) is 0 Å². The first-order valence-electron chi connectivity index (χ1n) is 14.8. The molecule has 9 heteroatoms. The Morgan fingerprint density at radius 2 is 1.51 bits per heavy atom. The van der Waals surface area contributed by atoms with Crippen molar-refractivity contribution < 1.29 is 19.1 Å². The molecule has 0 bridgehead atoms. The van der Waals surface area contributed by atoms with Gasteiger partial charge in [0.15, 0.2) is 12.5 Å². The molecular weight excluding hydrogens is 542 g/mol. The number of carbonyl (C=O) groups is 3. The largest absolute Gasteiger partial charge is 0.465 e. The van der Waals surface area contributed by atoms with Crippen LogP contribution < -0.4 is 11.1 Å². The molecule has 2 aliphatic rings. The summed E-state index contributed by atoms with van der Waals surface area (Å²) >= 11 is 0. The van der Waals surface area contributed by atoms with Gasteiger partial charge in [-0.05, 0) is 97.7 Å². The van der Waals surface area contributed by atoms with E-state index >= 15 is 0 Å². The number of carbonyl (C=O) groups excluding carboxylic acids is 3. The van der Waals surface area contributed by atoms with Crippen LogP contribution in [0.5, 0.6) is 0 Å². The van der Waals surface area contributed by atoms with E-state index in [9.17, 15) is 14.4 Å². The molecule has 5 rings (SSSR count). The number of benzene rings is 3. The minimum absolute atomic E-state index is 0.0194. The van der Waals surface area contributed by atoms with Crippen LogP contribution in [0.1, 0.15) is 53.6 Å². The fraction of sp³-hybridized carbons (Fsp3) is 0.353. The van der Waals surface area contributed by atoms with Crippen molar-refractivity contribution in [3.8, 4) is 11.1 Å². The normalized spacial score (nSPS) is 18.5. The number of amides is 1. The van der Waals surface area contributed by atoms with Crippen molar-refractivity contribution in [3.05, 3.63) is 89.5 Å². The van der Waals surface area contributed by atoms with Gasteiger partial charge in [-0.3, -0.25) is 9.59 Å². The molecule has 3 N–H and O–H groups in total. The number of amidine groups is 1. The van der Waals surface area contributed by atoms with Gasteiger partial charge in [-0.2, -0.15) is 5.11 Å². The van der Waals surface area contributed by atoms with Crippen LogP contribution in [0.2, 0.25) is 0 Å². The molecule has 222 valence electrons. The van der Waals surface area contributed by atoms with E-state index in [1.165, 1.54) is 7.11 Å². The van der Waals surface area contributed by atoms with Crippen LogP contribution in [0.4, 0.5) is 5.69 Å². The maximum Gasteiger partial charge on any atom is 0.337 e. The molecule has 1 atom stereocenters. The van der Waals surface area contributed by atoms with Crippen molar-refractivity contribution in [1.82, 2.24) is 0 Å². The van der Waals surface area contributed by atoms with Gasteiger partial charge in [-0.1, -0.05) is 36.4 Å². The standard InChI is InChI=1S/C34H37N5O4/c1-43-34(42)28-12-10-25(11-13-28)24-6-2-22(3-7-24)18-29(19-31(40)26-8-4-23(20-35)5-9-26)33(41)38-30-16-14-27(15-17-30)32-36-21-37-39-32/h2-3,6-7,10-17,23,26,29H,4-5,8-9,18-21,35H2,1H3,(H,38,41)/t23?,26?,29-/m1/s1. The van der Waals surface area contributed by atoms with Gasteiger partial charge in [0, 0.05) is 29.5 Å². The molecule has 0 unspecified atom stereocenters. The Balaban J connectivity index is 1.29. The number of ether oxygens (including phenoxy) is 1. The molecule has 0 spiro atoms. The van der Waals surface area contributed by atoms with Crippen molar-refractivity contribution in [1.29, 1.82) is 0 Å². The summed E-state index contributed by atoms with van der Waals surface area (Å²) in [5, 5.41) is 10.9. The number of hydrogen-bond acceptors (Lipinski definition) is 8. The minimum atomic E-state index is -0.516. The Morgan fingerprint density at radius 1 is 0.884 bits per heavy atom. The highest BCUT2D eigenvalue weighted by atomic mass is 16.5. The molecule has 9 nitrogen and oxygen atoms in total. The van der Waals surface area contributed by atoms with Gasteiger partial charge in [0.05, 0.1) is 12.7 Å². The van der Waals surface area contributed by atoms with E-state index in [-0.39, 0.29) is 30.0 Å². The molecule has 0 saturated heterocycles. The predicted octanol–water partition coefficient (Wildman–Crippen LogP) is 5.83. The topological polar surface area (TPSA) is 136 Å². The Kier molecular flexibility index (Phi) is 9.84. The number of nitrogens with one attached hydrogen (secondary N) is 1. The van der Waals surface area contributed by atoms with E-state index in [2.05, 4.69) is 20.5 Å². The Hall–Kier alpha value is -4.50. The number of azo groups is 1. The Bertz CT molecular complexity index is 1490. The van der Waals surface area contributed by atoms with Crippen molar-refractivity contribution in [2.24, 2.45) is 38.7 Å². The number of nitrogens with zero attached hydrogens (tertiary/aromatic N) is 3. The van der Waals surface area contributed by atoms with Gasteiger partial charge < -0.3 is 15.8 Å². The molecule has 1 amide bonds. The summed E-state index contributed by atoms with van der Waals surface area (Å²) in [5.74, 6) is 0.118. The lowest BCUT2D eigenvalue weighted by atomic mass is 9.77. The lowest BCUT2D eigenvalue weighted by Gasteiger charge is -2.27. The molecule has 0 aromatic heterocycles. The molecule has 43 heavy (non-hydrogen) atoms. The van der Waals surface area contributed by atoms with E-state index in [0.29, 0.717) is 42.6 Å². The number of aliphatic imine (C=N–C) groups is 1. The number of esters is 1. The lowest BCUT2D eigenvalue weighted by Crippen LogP contribution is -2.31. The zero-order valence-corrected chi connectivity index (χ0v) is 24.4. The zero-order valence-electron chi connectivity index (χ0n) is 24.4. The fourth-order valence-electron chi connectivity index (χ4n) is 5.75. The number of Topliss-reactive ketones (excluding diaryl/α,β-unsaturated/α-hetero) is 1. The SMILES string of the molecule is COC(=O)c1ccc(-c2ccc(C[C@H](CC(=O)C3CCC(CN)CC3)C(=O)Nc3ccc(C4=NCN=N4)cc3)cc2)cc1. The van der Waals surface area contributed by atoms with Crippen molar-refractivity contribution in [3.63, 3.8) is 0 Å². The molecule has 0 radical (unpaired) electrons. The fourth-order valence-corrected chi connectivity index (χ4v) is 5.75. The van der Waals surface area contributed by atoms with Crippen LogP contribution in [-0.4, -0.2) is 43.8 Å². The molecule has 1 heterocycles. The molecule has 1 aliphatic heterocycles. The van der Waals surface area contributed by atoms with Crippen LogP contribution in [-0.2, 0) is 20.7 Å². The summed E-state index contributed by atoms with van der Waals surface area (Å²) in [6.07, 6.45) is 4.22. The number of hydrogen-bond donors (Lipinski definition) is 2. The Labute approximate surface area is 251 Å². The summed E-state index contributed by atoms with van der Waals surface area (Å²) in [5.41, 5.74) is 10.7. The zero-order chi connectivity index (χ0) is 30.2. The monoisotopic (exact) mass is 579 g/mol. The number of methoxy groups -OCH3 is 1. The van der Waals surface area contributed by atoms with Gasteiger partial charge >= 0.3 is 5.97 Å². The average Bonchev–Trinajstić information content (AvgIpc) is 3.60. The van der Waals surface area contributed by atoms with Crippen LogP contribution in [0.15, 0.2) is 88.0 Å². The second-order valence-electron chi connectivity index (χ2n) is 11.2. The number of rotatable bonds is 11. The third-order valence-corrected chi connectivity index (χ3v) is 8.39. The van der Waals surface area contributed by atoms with E-state index in [1.807, 2.05) is 60.7 Å². The first-order chi connectivity index (χ1) is 20.9. The quantitative estimate of drug-likeness (QED) is 0.276. The Morgan fingerprint density at radius 3 is 2.09 bits per heavy atom. The average molecular weight is 580 g/mol. The summed E-state index contributed by atoms with van der Waals surface area (Å²) in [6, 6.07) is 22.5. The van der Waals surface area contributed by atoms with Gasteiger partial charge in [0.2, 0.25) is 5.91 Å². The number of anilines is 1. The maximum atomic E-state index is 13.6. The third kappa shape index (κ3) is 7.67. The maximum absolute atomic E-state index is 13.6. The van der Waals surface area contributed by atoms with Crippen LogP contribution in [0.25, 0.3) is 11.1 Å². The van der Waals surface area contributed by atoms with Crippen molar-refractivity contribution >= 4 is 29.2 Å². The third-order valence-electron chi connectivity index (χ3n) is 8.39. The van der Waals surface area contributed by atoms with E-state index < -0.39 is 5.92 Å². The second-order valence-corrected chi connectivity index (χ2v) is 11.2. The molecule has 1 saturated carbocycles. The number of ketones is 1. The van der Waals surface area contributed by atoms with E-state index in [4.69, 9.17) is 10.5 Å². The highest BCUT2D eigenvalue weighted by molar-refractivity contribution is 6.01. The van der Waals surface area contributed by atoms with E-state index in [0.717, 1.165) is 47.9 Å². The van der Waals surface area contributed by atoms with Crippen molar-refractivity contribution in [2.45, 2.75) is 38.5 Å². The van der Waals surface area contributed by atoms with Gasteiger partial charge in [0.1, 0.15) is 5.78 Å². The van der Waals surface area contributed by atoms with Gasteiger partial charge in [-0.15, -0.1) is 5.11 Å². The summed E-state index contributed by atoms with van der Waals surface area (Å²) < 4.78 is 4.78.